The van der Waals surface area contributed by atoms with Crippen molar-refractivity contribution < 1.29 is 13.2 Å². The summed E-state index contributed by atoms with van der Waals surface area (Å²) in [6.07, 6.45) is 0. The lowest BCUT2D eigenvalue weighted by atomic mass is 9.92. The van der Waals surface area contributed by atoms with Crippen molar-refractivity contribution in [3.05, 3.63) is 102 Å². The molecule has 0 aromatic heterocycles. The minimum atomic E-state index is -1.08. The van der Waals surface area contributed by atoms with Crippen LogP contribution in [-0.2, 0) is 0 Å². The van der Waals surface area contributed by atoms with Gasteiger partial charge in [-0.15, -0.1) is 0 Å². The first kappa shape index (κ1) is 18.1. The Morgan fingerprint density at radius 2 is 1.07 bits per heavy atom. The summed E-state index contributed by atoms with van der Waals surface area (Å²) >= 11 is 0. The largest absolute Gasteiger partial charge is 0.206 e. The number of hydrogen-bond acceptors (Lipinski definition) is 0. The highest BCUT2D eigenvalue weighted by atomic mass is 19.2. The summed E-state index contributed by atoms with van der Waals surface area (Å²) < 4.78 is 44.1. The van der Waals surface area contributed by atoms with E-state index in [1.807, 2.05) is 30.3 Å². The molecule has 4 heteroatoms. The molecular weight excluding hydrogens is 356 g/mol. The summed E-state index contributed by atoms with van der Waals surface area (Å²) in [5.41, 5.74) is 2.54. The third-order valence-corrected chi connectivity index (χ3v) is 4.67. The van der Waals surface area contributed by atoms with Crippen molar-refractivity contribution in [2.75, 3.05) is 0 Å². The third kappa shape index (κ3) is 3.34. The molecule has 0 spiro atoms. The summed E-state index contributed by atoms with van der Waals surface area (Å²) in [6.45, 7) is 0. The van der Waals surface area contributed by atoms with E-state index in [-0.39, 0.29) is 16.7 Å². The SMILES string of the molecule is [B]c1ccc(-c2ccc(-c3ccc(-c4ccccc4)cc3F)c(F)c2F)cc1. The van der Waals surface area contributed by atoms with Crippen LogP contribution in [0.25, 0.3) is 33.4 Å². The molecule has 0 nitrogen and oxygen atoms in total. The number of rotatable bonds is 3. The second kappa shape index (κ2) is 7.39. The molecule has 4 aromatic carbocycles. The molecule has 4 rings (SSSR count). The fourth-order valence-corrected chi connectivity index (χ4v) is 3.19. The van der Waals surface area contributed by atoms with Crippen LogP contribution in [0.4, 0.5) is 13.2 Å². The topological polar surface area (TPSA) is 0 Å². The standard InChI is InChI=1S/C24H14BF3/c25-18-9-6-16(7-10-18)19-12-13-21(24(28)23(19)27)20-11-8-17(14-22(20)26)15-4-2-1-3-5-15/h1-14H. The van der Waals surface area contributed by atoms with Gasteiger partial charge in [0, 0.05) is 16.7 Å². The van der Waals surface area contributed by atoms with E-state index >= 15 is 0 Å². The first-order valence-electron chi connectivity index (χ1n) is 8.74. The van der Waals surface area contributed by atoms with Gasteiger partial charge in [0.2, 0.25) is 0 Å². The van der Waals surface area contributed by atoms with E-state index in [2.05, 4.69) is 0 Å². The van der Waals surface area contributed by atoms with Gasteiger partial charge in [-0.3, -0.25) is 0 Å². The number of halogens is 3. The van der Waals surface area contributed by atoms with Crippen LogP contribution >= 0.6 is 0 Å². The van der Waals surface area contributed by atoms with Gasteiger partial charge in [0.1, 0.15) is 13.7 Å². The van der Waals surface area contributed by atoms with Crippen molar-refractivity contribution in [1.82, 2.24) is 0 Å². The summed E-state index contributed by atoms with van der Waals surface area (Å²) in [5.74, 6) is -2.71. The van der Waals surface area contributed by atoms with Crippen LogP contribution in [0.15, 0.2) is 84.9 Å². The molecule has 134 valence electrons. The molecule has 0 amide bonds. The van der Waals surface area contributed by atoms with Crippen LogP contribution < -0.4 is 5.46 Å². The van der Waals surface area contributed by atoms with E-state index in [9.17, 15) is 13.2 Å². The maximum atomic E-state index is 14.7. The summed E-state index contributed by atoms with van der Waals surface area (Å²) in [7, 11) is 5.63. The normalized spacial score (nSPS) is 10.8. The number of hydrogen-bond donors (Lipinski definition) is 0. The smallest absolute Gasteiger partial charge is 0.167 e. The average Bonchev–Trinajstić information content (AvgIpc) is 2.72. The quantitative estimate of drug-likeness (QED) is 0.394. The zero-order valence-electron chi connectivity index (χ0n) is 14.8. The molecule has 0 unspecified atom stereocenters. The lowest BCUT2D eigenvalue weighted by Gasteiger charge is -2.11. The van der Waals surface area contributed by atoms with Crippen molar-refractivity contribution in [1.29, 1.82) is 0 Å². The molecule has 4 aromatic rings. The Labute approximate surface area is 162 Å². The van der Waals surface area contributed by atoms with Gasteiger partial charge in [-0.2, -0.15) is 0 Å². The molecule has 0 bridgehead atoms. The molecular formula is C24H14BF3. The van der Waals surface area contributed by atoms with Crippen LogP contribution in [0.2, 0.25) is 0 Å². The Morgan fingerprint density at radius 3 is 1.75 bits per heavy atom. The van der Waals surface area contributed by atoms with Crippen molar-refractivity contribution in [2.45, 2.75) is 0 Å². The molecule has 0 fully saturated rings. The minimum Gasteiger partial charge on any atom is -0.206 e. The average molecular weight is 370 g/mol. The third-order valence-electron chi connectivity index (χ3n) is 4.67. The predicted molar refractivity (Wildman–Crippen MR) is 108 cm³/mol. The van der Waals surface area contributed by atoms with E-state index in [1.54, 1.807) is 30.3 Å². The second-order valence-corrected chi connectivity index (χ2v) is 6.47. The molecule has 0 N–H and O–H groups in total. The van der Waals surface area contributed by atoms with E-state index in [0.29, 0.717) is 16.6 Å². The van der Waals surface area contributed by atoms with E-state index in [0.717, 1.165) is 5.56 Å². The summed E-state index contributed by atoms with van der Waals surface area (Å²) in [5, 5.41) is 0. The molecule has 0 aliphatic carbocycles. The highest BCUT2D eigenvalue weighted by molar-refractivity contribution is 6.32. The first-order valence-corrected chi connectivity index (χ1v) is 8.74. The second-order valence-electron chi connectivity index (χ2n) is 6.47. The fraction of sp³-hybridized carbons (Fsp3) is 0. The van der Waals surface area contributed by atoms with E-state index < -0.39 is 17.5 Å². The highest BCUT2D eigenvalue weighted by Gasteiger charge is 2.18. The Hall–Kier alpha value is -3.27. The minimum absolute atomic E-state index is 0.0138. The molecule has 0 saturated heterocycles. The van der Waals surface area contributed by atoms with Gasteiger partial charge in [-0.1, -0.05) is 84.3 Å². The number of benzene rings is 4. The zero-order chi connectivity index (χ0) is 19.7. The van der Waals surface area contributed by atoms with Gasteiger partial charge < -0.3 is 0 Å². The fourth-order valence-electron chi connectivity index (χ4n) is 3.19. The van der Waals surface area contributed by atoms with Crippen molar-refractivity contribution in [3.8, 4) is 33.4 Å². The maximum absolute atomic E-state index is 14.7. The highest BCUT2D eigenvalue weighted by Crippen LogP contribution is 2.34. The Balaban J connectivity index is 1.76. The van der Waals surface area contributed by atoms with E-state index in [4.69, 9.17) is 7.85 Å². The lowest BCUT2D eigenvalue weighted by molar-refractivity contribution is 0.513. The lowest BCUT2D eigenvalue weighted by Crippen LogP contribution is -2.00. The molecule has 0 heterocycles. The van der Waals surface area contributed by atoms with Gasteiger partial charge >= 0.3 is 0 Å². The van der Waals surface area contributed by atoms with Gasteiger partial charge in [-0.25, -0.2) is 13.2 Å². The van der Waals surface area contributed by atoms with Crippen molar-refractivity contribution in [2.24, 2.45) is 0 Å². The first-order chi connectivity index (χ1) is 13.5. The Bertz CT molecular complexity index is 1140. The van der Waals surface area contributed by atoms with Gasteiger partial charge in [0.05, 0.1) is 0 Å². The molecule has 2 radical (unpaired) electrons. The van der Waals surface area contributed by atoms with Crippen LogP contribution in [-0.4, -0.2) is 7.85 Å². The van der Waals surface area contributed by atoms with Gasteiger partial charge in [-0.05, 0) is 22.8 Å². The predicted octanol–water partition coefficient (Wildman–Crippen LogP) is 5.90. The summed E-state index contributed by atoms with van der Waals surface area (Å²) in [4.78, 5) is 0. The van der Waals surface area contributed by atoms with Gasteiger partial charge in [0.15, 0.2) is 11.6 Å². The Morgan fingerprint density at radius 1 is 0.500 bits per heavy atom. The maximum Gasteiger partial charge on any atom is 0.167 e. The van der Waals surface area contributed by atoms with Crippen LogP contribution in [0, 0.1) is 17.5 Å². The summed E-state index contributed by atoms with van der Waals surface area (Å²) in [6, 6.07) is 23.1. The molecule has 0 saturated carbocycles. The van der Waals surface area contributed by atoms with Crippen LogP contribution in [0.1, 0.15) is 0 Å². The van der Waals surface area contributed by atoms with Crippen molar-refractivity contribution >= 4 is 13.3 Å². The Kier molecular flexibility index (Phi) is 4.78. The van der Waals surface area contributed by atoms with Gasteiger partial charge in [0.25, 0.3) is 0 Å². The zero-order valence-corrected chi connectivity index (χ0v) is 14.8. The van der Waals surface area contributed by atoms with Crippen LogP contribution in [0.3, 0.4) is 0 Å². The molecule has 0 aliphatic heterocycles. The molecule has 0 atom stereocenters. The van der Waals surface area contributed by atoms with Crippen molar-refractivity contribution in [3.63, 3.8) is 0 Å². The van der Waals surface area contributed by atoms with E-state index in [1.165, 1.54) is 24.3 Å². The molecule has 0 aliphatic rings. The molecule has 28 heavy (non-hydrogen) atoms. The monoisotopic (exact) mass is 370 g/mol. The van der Waals surface area contributed by atoms with Crippen LogP contribution in [0.5, 0.6) is 0 Å².